The van der Waals surface area contributed by atoms with Crippen molar-refractivity contribution < 1.29 is 4.79 Å². The molecular weight excluding hydrogens is 334 g/mol. The number of hydrogen-bond donors (Lipinski definition) is 1. The van der Waals surface area contributed by atoms with E-state index in [1.165, 1.54) is 5.57 Å². The number of benzene rings is 1. The summed E-state index contributed by atoms with van der Waals surface area (Å²) in [5.41, 5.74) is 5.94. The highest BCUT2D eigenvalue weighted by Gasteiger charge is 2.23. The summed E-state index contributed by atoms with van der Waals surface area (Å²) in [6, 6.07) is 10.3. The van der Waals surface area contributed by atoms with Crippen LogP contribution in [0.15, 0.2) is 61.1 Å². The van der Waals surface area contributed by atoms with Gasteiger partial charge >= 0.3 is 0 Å². The number of carbonyl (C=O) groups is 1. The number of Topliss-reactive ketones (excluding diaryl/α,β-unsaturated/α-hetero) is 1. The molecular formula is C23H23N3O. The summed E-state index contributed by atoms with van der Waals surface area (Å²) in [5.74, 6) is 0.513. The van der Waals surface area contributed by atoms with E-state index >= 15 is 0 Å². The molecule has 0 fully saturated rings. The number of ketones is 1. The minimum atomic E-state index is 0.167. The summed E-state index contributed by atoms with van der Waals surface area (Å²) in [5, 5.41) is 1.06. The van der Waals surface area contributed by atoms with Crippen LogP contribution >= 0.6 is 0 Å². The summed E-state index contributed by atoms with van der Waals surface area (Å²) in [7, 11) is 0. The second-order valence-electron chi connectivity index (χ2n) is 7.30. The molecule has 1 aromatic carbocycles. The molecule has 0 saturated carbocycles. The largest absolute Gasteiger partial charge is 0.345 e. The molecule has 0 radical (unpaired) electrons. The molecule has 1 aliphatic rings. The summed E-state index contributed by atoms with van der Waals surface area (Å²) < 4.78 is 0. The van der Waals surface area contributed by atoms with Gasteiger partial charge in [-0.3, -0.25) is 4.79 Å². The smallest absolute Gasteiger partial charge is 0.158 e. The van der Waals surface area contributed by atoms with Crippen molar-refractivity contribution in [1.82, 2.24) is 15.0 Å². The molecule has 0 aliphatic heterocycles. The number of nitrogens with one attached hydrogen (secondary N) is 1. The highest BCUT2D eigenvalue weighted by molar-refractivity contribution is 6.00. The average Bonchev–Trinajstić information content (AvgIpc) is 3.13. The SMILES string of the molecule is C=C(C)C(=O)CC1CCC=C(c2ncnc3[nH]cc(-c4ccccc4)c23)C1. The molecule has 0 saturated heterocycles. The van der Waals surface area contributed by atoms with Crippen molar-refractivity contribution in [2.45, 2.75) is 32.6 Å². The van der Waals surface area contributed by atoms with E-state index in [2.05, 4.69) is 39.7 Å². The first kappa shape index (κ1) is 17.4. The van der Waals surface area contributed by atoms with Gasteiger partial charge in [-0.15, -0.1) is 0 Å². The zero-order valence-electron chi connectivity index (χ0n) is 15.5. The Labute approximate surface area is 159 Å². The molecule has 2 aromatic heterocycles. The van der Waals surface area contributed by atoms with Crippen LogP contribution in [0.25, 0.3) is 27.7 Å². The molecule has 27 heavy (non-hydrogen) atoms. The first-order valence-corrected chi connectivity index (χ1v) is 9.39. The monoisotopic (exact) mass is 357 g/mol. The van der Waals surface area contributed by atoms with Crippen LogP contribution in [0.4, 0.5) is 0 Å². The Hall–Kier alpha value is -3.01. The molecule has 3 aromatic rings. The fourth-order valence-electron chi connectivity index (χ4n) is 3.85. The second kappa shape index (κ2) is 7.31. The number of H-pyrrole nitrogens is 1. The van der Waals surface area contributed by atoms with Crippen LogP contribution < -0.4 is 0 Å². The first-order valence-electron chi connectivity index (χ1n) is 9.39. The first-order chi connectivity index (χ1) is 13.1. The van der Waals surface area contributed by atoms with Crippen molar-refractivity contribution >= 4 is 22.4 Å². The number of hydrogen-bond acceptors (Lipinski definition) is 3. The van der Waals surface area contributed by atoms with E-state index in [1.807, 2.05) is 24.4 Å². The molecule has 4 nitrogen and oxygen atoms in total. The number of aromatic amines is 1. The summed E-state index contributed by atoms with van der Waals surface area (Å²) in [6.45, 7) is 5.58. The minimum Gasteiger partial charge on any atom is -0.345 e. The minimum absolute atomic E-state index is 0.167. The average molecular weight is 357 g/mol. The van der Waals surface area contributed by atoms with E-state index in [0.717, 1.165) is 47.1 Å². The van der Waals surface area contributed by atoms with Gasteiger partial charge in [-0.25, -0.2) is 9.97 Å². The van der Waals surface area contributed by atoms with Gasteiger partial charge in [0.2, 0.25) is 0 Å². The van der Waals surface area contributed by atoms with Crippen LogP contribution in [0.1, 0.15) is 38.3 Å². The van der Waals surface area contributed by atoms with Crippen LogP contribution in [-0.2, 0) is 4.79 Å². The number of rotatable bonds is 5. The van der Waals surface area contributed by atoms with Gasteiger partial charge in [-0.05, 0) is 48.8 Å². The van der Waals surface area contributed by atoms with Crippen molar-refractivity contribution in [3.63, 3.8) is 0 Å². The Balaban J connectivity index is 1.72. The van der Waals surface area contributed by atoms with Crippen LogP contribution in [0.2, 0.25) is 0 Å². The molecule has 0 amide bonds. The third-order valence-electron chi connectivity index (χ3n) is 5.28. The molecule has 4 rings (SSSR count). The molecule has 4 heteroatoms. The van der Waals surface area contributed by atoms with E-state index in [-0.39, 0.29) is 5.78 Å². The van der Waals surface area contributed by atoms with Crippen molar-refractivity contribution in [2.24, 2.45) is 5.92 Å². The second-order valence-corrected chi connectivity index (χ2v) is 7.30. The standard InChI is InChI=1S/C23H23N3O/c1-15(2)20(27)12-16-7-6-10-18(11-16)22-21-19(17-8-4-3-5-9-17)13-24-23(21)26-14-25-22/h3-5,8-10,13-14,16H,1,6-7,11-12H2,2H3,(H,24,25,26). The fraction of sp³-hybridized carbons (Fsp3) is 0.261. The normalized spacial score (nSPS) is 16.9. The molecule has 0 spiro atoms. The molecule has 1 unspecified atom stereocenters. The van der Waals surface area contributed by atoms with Gasteiger partial charge in [0, 0.05) is 18.2 Å². The Morgan fingerprint density at radius 3 is 2.85 bits per heavy atom. The maximum absolute atomic E-state index is 12.1. The number of nitrogens with zero attached hydrogens (tertiary/aromatic N) is 2. The number of allylic oxidation sites excluding steroid dienone is 3. The van der Waals surface area contributed by atoms with Gasteiger partial charge in [-0.2, -0.15) is 0 Å². The molecule has 2 heterocycles. The quantitative estimate of drug-likeness (QED) is 0.627. The van der Waals surface area contributed by atoms with Crippen LogP contribution in [0.5, 0.6) is 0 Å². The summed E-state index contributed by atoms with van der Waals surface area (Å²) in [6.07, 6.45) is 9.33. The van der Waals surface area contributed by atoms with Crippen molar-refractivity contribution in [3.8, 4) is 11.1 Å². The molecule has 1 N–H and O–H groups in total. The lowest BCUT2D eigenvalue weighted by molar-refractivity contribution is -0.116. The van der Waals surface area contributed by atoms with Crippen LogP contribution in [-0.4, -0.2) is 20.7 Å². The van der Waals surface area contributed by atoms with Gasteiger partial charge in [0.05, 0.1) is 11.1 Å². The maximum atomic E-state index is 12.1. The van der Waals surface area contributed by atoms with Crippen molar-refractivity contribution in [3.05, 3.63) is 66.8 Å². The highest BCUT2D eigenvalue weighted by Crippen LogP contribution is 2.38. The number of aromatic nitrogens is 3. The summed E-state index contributed by atoms with van der Waals surface area (Å²) in [4.78, 5) is 24.4. The Kier molecular flexibility index (Phi) is 4.71. The highest BCUT2D eigenvalue weighted by atomic mass is 16.1. The van der Waals surface area contributed by atoms with Crippen LogP contribution in [0, 0.1) is 5.92 Å². The predicted octanol–water partition coefficient (Wildman–Crippen LogP) is 5.34. The van der Waals surface area contributed by atoms with E-state index in [0.29, 0.717) is 17.9 Å². The number of fused-ring (bicyclic) bond motifs is 1. The fourth-order valence-corrected chi connectivity index (χ4v) is 3.85. The van der Waals surface area contributed by atoms with Crippen molar-refractivity contribution in [2.75, 3.05) is 0 Å². The molecule has 0 bridgehead atoms. The van der Waals surface area contributed by atoms with Gasteiger partial charge in [-0.1, -0.05) is 43.0 Å². The Morgan fingerprint density at radius 1 is 1.26 bits per heavy atom. The lowest BCUT2D eigenvalue weighted by atomic mass is 9.82. The maximum Gasteiger partial charge on any atom is 0.158 e. The van der Waals surface area contributed by atoms with E-state index in [4.69, 9.17) is 0 Å². The topological polar surface area (TPSA) is 58.6 Å². The van der Waals surface area contributed by atoms with Gasteiger partial charge in [0.25, 0.3) is 0 Å². The Bertz CT molecular complexity index is 1030. The zero-order valence-corrected chi connectivity index (χ0v) is 15.5. The van der Waals surface area contributed by atoms with Gasteiger partial charge in [0.15, 0.2) is 5.78 Å². The third kappa shape index (κ3) is 3.47. The lowest BCUT2D eigenvalue weighted by Crippen LogP contribution is -2.13. The van der Waals surface area contributed by atoms with E-state index < -0.39 is 0 Å². The summed E-state index contributed by atoms with van der Waals surface area (Å²) >= 11 is 0. The molecule has 1 aliphatic carbocycles. The van der Waals surface area contributed by atoms with Crippen molar-refractivity contribution in [1.29, 1.82) is 0 Å². The third-order valence-corrected chi connectivity index (χ3v) is 5.28. The van der Waals surface area contributed by atoms with Gasteiger partial charge < -0.3 is 4.98 Å². The van der Waals surface area contributed by atoms with E-state index in [9.17, 15) is 4.79 Å². The zero-order chi connectivity index (χ0) is 18.8. The van der Waals surface area contributed by atoms with Crippen LogP contribution in [0.3, 0.4) is 0 Å². The van der Waals surface area contributed by atoms with E-state index in [1.54, 1.807) is 13.3 Å². The molecule has 136 valence electrons. The number of carbonyl (C=O) groups excluding carboxylic acids is 1. The Morgan fingerprint density at radius 2 is 2.07 bits per heavy atom. The lowest BCUT2D eigenvalue weighted by Gasteiger charge is -2.22. The van der Waals surface area contributed by atoms with Gasteiger partial charge in [0.1, 0.15) is 12.0 Å². The molecule has 1 atom stereocenters. The predicted molar refractivity (Wildman–Crippen MR) is 109 cm³/mol.